The van der Waals surface area contributed by atoms with Gasteiger partial charge in [0.2, 0.25) is 5.91 Å². The number of rotatable bonds is 2. The summed E-state index contributed by atoms with van der Waals surface area (Å²) < 4.78 is 11.4. The van der Waals surface area contributed by atoms with Gasteiger partial charge in [-0.1, -0.05) is 12.8 Å². The molecule has 0 radical (unpaired) electrons. The zero-order valence-electron chi connectivity index (χ0n) is 15.2. The van der Waals surface area contributed by atoms with E-state index in [2.05, 4.69) is 16.7 Å². The van der Waals surface area contributed by atoms with Gasteiger partial charge in [-0.2, -0.15) is 0 Å². The number of amides is 1. The second-order valence-electron chi connectivity index (χ2n) is 8.36. The first-order valence-corrected chi connectivity index (χ1v) is 9.89. The minimum absolute atomic E-state index is 0.260. The maximum Gasteiger partial charge on any atom is 0.220 e. The molecule has 0 aromatic rings. The highest BCUT2D eigenvalue weighted by Gasteiger charge is 2.44. The average Bonchev–Trinajstić information content (AvgIpc) is 3.02. The Hall–Kier alpha value is -0.650. The van der Waals surface area contributed by atoms with Crippen LogP contribution in [0.15, 0.2) is 0 Å². The van der Waals surface area contributed by atoms with Gasteiger partial charge in [-0.3, -0.25) is 9.69 Å². The van der Waals surface area contributed by atoms with Crippen molar-refractivity contribution in [3.8, 4) is 0 Å². The van der Waals surface area contributed by atoms with Gasteiger partial charge in [0.15, 0.2) is 0 Å². The molecule has 0 N–H and O–H groups in total. The second-order valence-corrected chi connectivity index (χ2v) is 8.36. The smallest absolute Gasteiger partial charge is 0.220 e. The summed E-state index contributed by atoms with van der Waals surface area (Å²) in [5, 5.41) is 0. The Morgan fingerprint density at radius 3 is 2.58 bits per heavy atom. The number of hydrogen-bond acceptors (Lipinski definition) is 4. The van der Waals surface area contributed by atoms with Crippen molar-refractivity contribution in [2.45, 2.75) is 89.1 Å². The highest BCUT2D eigenvalue weighted by atomic mass is 16.7. The van der Waals surface area contributed by atoms with E-state index in [1.54, 1.807) is 6.92 Å². The van der Waals surface area contributed by atoms with Gasteiger partial charge in [-0.25, -0.2) is 0 Å². The molecule has 5 unspecified atom stereocenters. The summed E-state index contributed by atoms with van der Waals surface area (Å²) in [6.07, 6.45) is 9.21. The van der Waals surface area contributed by atoms with Gasteiger partial charge >= 0.3 is 0 Å². The molecule has 0 aromatic carbocycles. The third-order valence-electron chi connectivity index (χ3n) is 6.75. The number of carbonyl (C=O) groups is 1. The molecule has 1 amide bonds. The molecule has 0 spiro atoms. The minimum Gasteiger partial charge on any atom is -0.349 e. The lowest BCUT2D eigenvalue weighted by molar-refractivity contribution is -0.142. The summed E-state index contributed by atoms with van der Waals surface area (Å²) in [7, 11) is 0. The maximum atomic E-state index is 12.2. The van der Waals surface area contributed by atoms with Crippen molar-refractivity contribution in [2.75, 3.05) is 19.9 Å². The van der Waals surface area contributed by atoms with Crippen LogP contribution in [0.25, 0.3) is 0 Å². The third kappa shape index (κ3) is 3.11. The molecule has 2 aliphatic carbocycles. The Morgan fingerprint density at radius 1 is 1.04 bits per heavy atom. The number of carbonyl (C=O) groups excluding carboxylic acids is 1. The van der Waals surface area contributed by atoms with E-state index in [0.717, 1.165) is 19.4 Å². The first-order valence-electron chi connectivity index (χ1n) is 9.89. The molecule has 2 saturated carbocycles. The monoisotopic (exact) mass is 336 g/mol. The van der Waals surface area contributed by atoms with Gasteiger partial charge < -0.3 is 14.4 Å². The first kappa shape index (κ1) is 16.8. The predicted molar refractivity (Wildman–Crippen MR) is 91.6 cm³/mol. The number of piperazine rings is 1. The molecule has 4 aliphatic rings. The molecular weight excluding hydrogens is 304 g/mol. The second kappa shape index (κ2) is 6.93. The van der Waals surface area contributed by atoms with Crippen LogP contribution in [0.1, 0.15) is 58.8 Å². The Balaban J connectivity index is 1.43. The van der Waals surface area contributed by atoms with E-state index in [1.165, 1.54) is 38.6 Å². The third-order valence-corrected chi connectivity index (χ3v) is 6.75. The van der Waals surface area contributed by atoms with Gasteiger partial charge in [0.1, 0.15) is 6.79 Å². The van der Waals surface area contributed by atoms with E-state index >= 15 is 0 Å². The Labute approximate surface area is 145 Å². The quantitative estimate of drug-likeness (QED) is 0.776. The Kier molecular flexibility index (Phi) is 4.85. The van der Waals surface area contributed by atoms with Crippen molar-refractivity contribution in [2.24, 2.45) is 5.92 Å². The number of fused-ring (bicyclic) bond motifs is 2. The van der Waals surface area contributed by atoms with Crippen LogP contribution in [0, 0.1) is 5.92 Å². The van der Waals surface area contributed by atoms with Gasteiger partial charge in [-0.15, -0.1) is 0 Å². The van der Waals surface area contributed by atoms with Crippen molar-refractivity contribution < 1.29 is 14.3 Å². The molecule has 4 rings (SSSR count). The summed E-state index contributed by atoms with van der Waals surface area (Å²) in [5.74, 6) is 0.975. The van der Waals surface area contributed by atoms with Crippen molar-refractivity contribution in [1.29, 1.82) is 0 Å². The number of ether oxygens (including phenoxy) is 2. The number of hydrogen-bond donors (Lipinski definition) is 0. The maximum absolute atomic E-state index is 12.2. The van der Waals surface area contributed by atoms with Crippen LogP contribution in [-0.4, -0.2) is 65.9 Å². The molecule has 6 atom stereocenters. The molecule has 2 heterocycles. The van der Waals surface area contributed by atoms with Gasteiger partial charge in [0, 0.05) is 38.1 Å². The molecule has 5 nitrogen and oxygen atoms in total. The summed E-state index contributed by atoms with van der Waals surface area (Å²) in [5.41, 5.74) is 0. The summed E-state index contributed by atoms with van der Waals surface area (Å²) >= 11 is 0. The Bertz CT molecular complexity index is 472. The summed E-state index contributed by atoms with van der Waals surface area (Å²) in [4.78, 5) is 17.1. The van der Waals surface area contributed by atoms with E-state index < -0.39 is 0 Å². The van der Waals surface area contributed by atoms with Crippen molar-refractivity contribution in [3.63, 3.8) is 0 Å². The van der Waals surface area contributed by atoms with E-state index in [4.69, 9.17) is 9.47 Å². The average molecular weight is 336 g/mol. The first-order chi connectivity index (χ1) is 11.6. The normalized spacial score (nSPS) is 43.3. The van der Waals surface area contributed by atoms with Crippen molar-refractivity contribution >= 4 is 5.91 Å². The van der Waals surface area contributed by atoms with Crippen molar-refractivity contribution in [1.82, 2.24) is 9.80 Å². The van der Waals surface area contributed by atoms with E-state index in [0.29, 0.717) is 43.0 Å². The van der Waals surface area contributed by atoms with Gasteiger partial charge in [-0.05, 0) is 44.9 Å². The van der Waals surface area contributed by atoms with Crippen LogP contribution >= 0.6 is 0 Å². The molecule has 136 valence electrons. The van der Waals surface area contributed by atoms with Crippen LogP contribution in [0.4, 0.5) is 0 Å². The summed E-state index contributed by atoms with van der Waals surface area (Å²) in [6, 6.07) is 1.34. The molecule has 24 heavy (non-hydrogen) atoms. The number of nitrogens with zero attached hydrogens (tertiary/aromatic N) is 2. The van der Waals surface area contributed by atoms with Gasteiger partial charge in [0.05, 0.1) is 12.2 Å². The minimum atomic E-state index is 0.260. The highest BCUT2D eigenvalue weighted by Crippen LogP contribution is 2.37. The zero-order chi connectivity index (χ0) is 16.7. The van der Waals surface area contributed by atoms with Crippen LogP contribution in [0.2, 0.25) is 0 Å². The fourth-order valence-corrected chi connectivity index (χ4v) is 5.75. The van der Waals surface area contributed by atoms with Crippen LogP contribution in [-0.2, 0) is 14.3 Å². The van der Waals surface area contributed by atoms with E-state index in [9.17, 15) is 4.79 Å². The van der Waals surface area contributed by atoms with E-state index in [-0.39, 0.29) is 5.91 Å². The highest BCUT2D eigenvalue weighted by molar-refractivity contribution is 5.74. The van der Waals surface area contributed by atoms with Crippen LogP contribution in [0.5, 0.6) is 0 Å². The molecule has 5 heteroatoms. The van der Waals surface area contributed by atoms with Crippen LogP contribution in [0.3, 0.4) is 0 Å². The molecule has 2 aliphatic heterocycles. The molecule has 0 bridgehead atoms. The topological polar surface area (TPSA) is 42.0 Å². The lowest BCUT2D eigenvalue weighted by Crippen LogP contribution is -2.65. The fraction of sp³-hybridized carbons (Fsp3) is 0.947. The SMILES string of the molecule is CC(=O)N1C2CCCCC2N(CC2CCC3OCOC3C2)C[C@@H]1C. The molecular formula is C19H32N2O3. The molecule has 2 saturated heterocycles. The predicted octanol–water partition coefficient (Wildman–Crippen LogP) is 2.39. The van der Waals surface area contributed by atoms with Crippen molar-refractivity contribution in [3.05, 3.63) is 0 Å². The lowest BCUT2D eigenvalue weighted by Gasteiger charge is -2.53. The zero-order valence-corrected chi connectivity index (χ0v) is 15.2. The van der Waals surface area contributed by atoms with Crippen LogP contribution < -0.4 is 0 Å². The molecule has 4 fully saturated rings. The summed E-state index contributed by atoms with van der Waals surface area (Å²) in [6.45, 7) is 6.66. The van der Waals surface area contributed by atoms with E-state index in [1.807, 2.05) is 0 Å². The standard InChI is InChI=1S/C19H32N2O3/c1-13-10-20(11-15-7-8-18-19(9-15)24-12-23-18)16-5-3-4-6-17(16)21(13)14(2)22/h13,15-19H,3-12H2,1-2H3/t13-,15?,16?,17?,18?,19?/m0/s1. The van der Waals surface area contributed by atoms with Gasteiger partial charge in [0.25, 0.3) is 0 Å². The lowest BCUT2D eigenvalue weighted by atomic mass is 9.81. The Morgan fingerprint density at radius 2 is 1.79 bits per heavy atom. The molecule has 0 aromatic heterocycles. The fourth-order valence-electron chi connectivity index (χ4n) is 5.75. The largest absolute Gasteiger partial charge is 0.349 e.